The third-order valence-corrected chi connectivity index (χ3v) is 3.07. The van der Waals surface area contributed by atoms with Gasteiger partial charge >= 0.3 is 0 Å². The fraction of sp³-hybridized carbons (Fsp3) is 0.385. The van der Waals surface area contributed by atoms with Crippen LogP contribution in [-0.4, -0.2) is 33.4 Å². The molecule has 4 heteroatoms. The minimum absolute atomic E-state index is 0.661. The number of ether oxygens (including phenoxy) is 2. The highest BCUT2D eigenvalue weighted by Crippen LogP contribution is 2.28. The van der Waals surface area contributed by atoms with Gasteiger partial charge < -0.3 is 14.8 Å². The van der Waals surface area contributed by atoms with Crippen LogP contribution in [0.5, 0.6) is 5.75 Å². The van der Waals surface area contributed by atoms with Crippen molar-refractivity contribution in [2.75, 3.05) is 33.4 Å². The second-order valence-corrected chi connectivity index (χ2v) is 4.86. The Kier molecular flexibility index (Phi) is 4.59. The van der Waals surface area contributed by atoms with Crippen LogP contribution < -0.4 is 10.1 Å². The average molecular weight is 298 g/mol. The molecule has 17 heavy (non-hydrogen) atoms. The summed E-state index contributed by atoms with van der Waals surface area (Å²) < 4.78 is 11.7. The summed E-state index contributed by atoms with van der Waals surface area (Å²) in [6, 6.07) is 6.06. The Balaban J connectivity index is 1.97. The molecular formula is C13H16BrNO2. The quantitative estimate of drug-likeness (QED) is 0.847. The lowest BCUT2D eigenvalue weighted by Gasteiger charge is -2.18. The van der Waals surface area contributed by atoms with Crippen molar-refractivity contribution in [2.45, 2.75) is 0 Å². The minimum Gasteiger partial charge on any atom is -0.489 e. The van der Waals surface area contributed by atoms with Crippen LogP contribution in [0.3, 0.4) is 0 Å². The first-order chi connectivity index (χ1) is 8.29. The molecule has 0 unspecified atom stereocenters. The van der Waals surface area contributed by atoms with Crippen molar-refractivity contribution >= 4 is 22.0 Å². The van der Waals surface area contributed by atoms with Gasteiger partial charge in [-0.3, -0.25) is 0 Å². The van der Waals surface area contributed by atoms with Crippen molar-refractivity contribution in [3.05, 3.63) is 33.8 Å². The lowest BCUT2D eigenvalue weighted by Crippen LogP contribution is -2.24. The van der Waals surface area contributed by atoms with Crippen LogP contribution in [-0.2, 0) is 4.74 Å². The molecule has 0 atom stereocenters. The largest absolute Gasteiger partial charge is 0.489 e. The zero-order chi connectivity index (χ0) is 12.1. The summed E-state index contributed by atoms with van der Waals surface area (Å²) in [5, 5.41) is 3.32. The molecule has 1 N–H and O–H groups in total. The van der Waals surface area contributed by atoms with Gasteiger partial charge in [0.05, 0.1) is 6.61 Å². The van der Waals surface area contributed by atoms with Gasteiger partial charge in [-0.05, 0) is 29.8 Å². The maximum Gasteiger partial charge on any atom is 0.127 e. The molecule has 92 valence electrons. The van der Waals surface area contributed by atoms with E-state index in [1.807, 2.05) is 12.1 Å². The maximum atomic E-state index is 5.69. The molecule has 1 aliphatic rings. The van der Waals surface area contributed by atoms with Gasteiger partial charge in [-0.2, -0.15) is 0 Å². The highest BCUT2D eigenvalue weighted by Gasteiger charge is 2.10. The molecule has 0 aromatic heterocycles. The predicted molar refractivity (Wildman–Crippen MR) is 72.4 cm³/mol. The van der Waals surface area contributed by atoms with E-state index in [1.165, 1.54) is 5.57 Å². The third-order valence-electron chi connectivity index (χ3n) is 2.58. The van der Waals surface area contributed by atoms with E-state index >= 15 is 0 Å². The molecule has 0 radical (unpaired) electrons. The molecule has 0 aliphatic carbocycles. The molecule has 0 amide bonds. The molecule has 0 spiro atoms. The molecule has 2 rings (SSSR count). The van der Waals surface area contributed by atoms with Gasteiger partial charge in [0.15, 0.2) is 0 Å². The maximum absolute atomic E-state index is 5.69. The van der Waals surface area contributed by atoms with Crippen molar-refractivity contribution < 1.29 is 9.47 Å². The number of halogens is 1. The number of rotatable bonds is 5. The van der Waals surface area contributed by atoms with E-state index in [1.54, 1.807) is 7.11 Å². The molecule has 0 fully saturated rings. The SMILES string of the molecule is COCCNCC1=Cc2cc(Br)ccc2OC1. The topological polar surface area (TPSA) is 30.5 Å². The molecular weight excluding hydrogens is 282 g/mol. The lowest BCUT2D eigenvalue weighted by molar-refractivity contribution is 0.200. The van der Waals surface area contributed by atoms with Gasteiger partial charge in [-0.15, -0.1) is 0 Å². The zero-order valence-corrected chi connectivity index (χ0v) is 11.4. The van der Waals surface area contributed by atoms with E-state index in [2.05, 4.69) is 33.4 Å². The van der Waals surface area contributed by atoms with Crippen LogP contribution in [0, 0.1) is 0 Å². The van der Waals surface area contributed by atoms with Crippen LogP contribution in [0.25, 0.3) is 6.08 Å². The second kappa shape index (κ2) is 6.19. The first-order valence-corrected chi connectivity index (χ1v) is 6.40. The Morgan fingerprint density at radius 2 is 2.35 bits per heavy atom. The van der Waals surface area contributed by atoms with E-state index in [-0.39, 0.29) is 0 Å². The van der Waals surface area contributed by atoms with Crippen molar-refractivity contribution in [3.8, 4) is 5.75 Å². The molecule has 0 saturated carbocycles. The number of methoxy groups -OCH3 is 1. The fourth-order valence-corrected chi connectivity index (χ4v) is 2.10. The minimum atomic E-state index is 0.661. The van der Waals surface area contributed by atoms with Crippen molar-refractivity contribution in [1.82, 2.24) is 5.32 Å². The van der Waals surface area contributed by atoms with E-state index in [4.69, 9.17) is 9.47 Å². The van der Waals surface area contributed by atoms with Gasteiger partial charge in [-0.25, -0.2) is 0 Å². The number of fused-ring (bicyclic) bond motifs is 1. The number of benzene rings is 1. The zero-order valence-electron chi connectivity index (χ0n) is 9.83. The van der Waals surface area contributed by atoms with Crippen LogP contribution in [0.2, 0.25) is 0 Å². The summed E-state index contributed by atoms with van der Waals surface area (Å²) in [7, 11) is 1.71. The Hall–Kier alpha value is -0.840. The lowest BCUT2D eigenvalue weighted by atomic mass is 10.1. The van der Waals surface area contributed by atoms with Gasteiger partial charge in [-0.1, -0.05) is 15.9 Å². The van der Waals surface area contributed by atoms with Crippen molar-refractivity contribution in [3.63, 3.8) is 0 Å². The van der Waals surface area contributed by atoms with Gasteiger partial charge in [0, 0.05) is 30.2 Å². The standard InChI is InChI=1S/C13H16BrNO2/c1-16-5-4-15-8-10-6-11-7-12(14)2-3-13(11)17-9-10/h2-3,6-7,15H,4-5,8-9H2,1H3. The Bertz CT molecular complexity index is 418. The molecule has 0 bridgehead atoms. The second-order valence-electron chi connectivity index (χ2n) is 3.94. The van der Waals surface area contributed by atoms with E-state index in [9.17, 15) is 0 Å². The van der Waals surface area contributed by atoms with Gasteiger partial charge in [0.2, 0.25) is 0 Å². The molecule has 1 aliphatic heterocycles. The third kappa shape index (κ3) is 3.56. The summed E-state index contributed by atoms with van der Waals surface area (Å²) in [6.45, 7) is 3.10. The van der Waals surface area contributed by atoms with Crippen LogP contribution in [0.15, 0.2) is 28.2 Å². The van der Waals surface area contributed by atoms with Crippen LogP contribution >= 0.6 is 15.9 Å². The Labute approximate surface area is 110 Å². The summed E-state index contributed by atoms with van der Waals surface area (Å²) in [5.74, 6) is 0.953. The Morgan fingerprint density at radius 3 is 3.18 bits per heavy atom. The number of hydrogen-bond acceptors (Lipinski definition) is 3. The Morgan fingerprint density at radius 1 is 1.47 bits per heavy atom. The molecule has 0 saturated heterocycles. The molecule has 1 heterocycles. The van der Waals surface area contributed by atoms with E-state index in [0.29, 0.717) is 6.61 Å². The first kappa shape index (κ1) is 12.6. The van der Waals surface area contributed by atoms with Crippen molar-refractivity contribution in [2.24, 2.45) is 0 Å². The van der Waals surface area contributed by atoms with Gasteiger partial charge in [0.25, 0.3) is 0 Å². The number of nitrogens with one attached hydrogen (secondary N) is 1. The normalized spacial score (nSPS) is 13.9. The summed E-state index contributed by atoms with van der Waals surface area (Å²) in [4.78, 5) is 0. The van der Waals surface area contributed by atoms with E-state index < -0.39 is 0 Å². The molecule has 1 aromatic rings. The monoisotopic (exact) mass is 297 g/mol. The van der Waals surface area contributed by atoms with Crippen molar-refractivity contribution in [1.29, 1.82) is 0 Å². The van der Waals surface area contributed by atoms with E-state index in [0.717, 1.165) is 35.5 Å². The summed E-state index contributed by atoms with van der Waals surface area (Å²) >= 11 is 3.47. The smallest absolute Gasteiger partial charge is 0.127 e. The van der Waals surface area contributed by atoms with Crippen LogP contribution in [0.1, 0.15) is 5.56 Å². The highest BCUT2D eigenvalue weighted by molar-refractivity contribution is 9.10. The average Bonchev–Trinajstić information content (AvgIpc) is 2.34. The predicted octanol–water partition coefficient (Wildman–Crippen LogP) is 2.46. The summed E-state index contributed by atoms with van der Waals surface area (Å²) in [5.41, 5.74) is 2.39. The van der Waals surface area contributed by atoms with Crippen LogP contribution in [0.4, 0.5) is 0 Å². The number of hydrogen-bond donors (Lipinski definition) is 1. The first-order valence-electron chi connectivity index (χ1n) is 5.61. The summed E-state index contributed by atoms with van der Waals surface area (Å²) in [6.07, 6.45) is 2.18. The molecule has 3 nitrogen and oxygen atoms in total. The molecule has 1 aromatic carbocycles. The fourth-order valence-electron chi connectivity index (χ4n) is 1.72. The van der Waals surface area contributed by atoms with Gasteiger partial charge in [0.1, 0.15) is 12.4 Å². The highest BCUT2D eigenvalue weighted by atomic mass is 79.9.